The molecule has 0 saturated heterocycles. The van der Waals surface area contributed by atoms with Crippen molar-refractivity contribution in [1.29, 1.82) is 5.26 Å². The number of benzene rings is 1. The van der Waals surface area contributed by atoms with Gasteiger partial charge in [-0.25, -0.2) is 8.42 Å². The molecule has 0 radical (unpaired) electrons. The van der Waals surface area contributed by atoms with Crippen molar-refractivity contribution >= 4 is 15.8 Å². The van der Waals surface area contributed by atoms with Crippen molar-refractivity contribution in [2.75, 3.05) is 5.73 Å². The number of nitrogens with one attached hydrogen (secondary N) is 1. The first-order chi connectivity index (χ1) is 10.6. The molecule has 122 valence electrons. The second kappa shape index (κ2) is 5.54. The second-order valence-electron chi connectivity index (χ2n) is 4.62. The lowest BCUT2D eigenvalue weighted by molar-refractivity contribution is -0.0436. The number of aromatic amines is 1. The van der Waals surface area contributed by atoms with Gasteiger partial charge in [0.05, 0.1) is 10.5 Å². The van der Waals surface area contributed by atoms with Gasteiger partial charge in [0.15, 0.2) is 0 Å². The molecule has 11 heteroatoms. The molecular formula is C12H10F3N5O2S. The van der Waals surface area contributed by atoms with Crippen LogP contribution in [0.4, 0.5) is 19.1 Å². The van der Waals surface area contributed by atoms with Crippen molar-refractivity contribution < 1.29 is 21.6 Å². The summed E-state index contributed by atoms with van der Waals surface area (Å²) in [6, 6.07) is 4.62. The summed E-state index contributed by atoms with van der Waals surface area (Å²) in [6.07, 6.45) is 0. The number of alkyl halides is 3. The Labute approximate surface area is 128 Å². The van der Waals surface area contributed by atoms with E-state index in [2.05, 4.69) is 15.2 Å². The molecule has 0 spiro atoms. The zero-order valence-electron chi connectivity index (χ0n) is 11.6. The van der Waals surface area contributed by atoms with Crippen molar-refractivity contribution in [1.82, 2.24) is 15.2 Å². The van der Waals surface area contributed by atoms with Crippen LogP contribution < -0.4 is 5.73 Å². The SMILES string of the molecule is CC(c1ccc(C#N)c(S(=O)(=O)C(F)(F)F)c1)c1nc(N)n[nH]1. The number of anilines is 1. The van der Waals surface area contributed by atoms with Crippen LogP contribution in [0.25, 0.3) is 0 Å². The van der Waals surface area contributed by atoms with Crippen molar-refractivity contribution in [2.24, 2.45) is 0 Å². The quantitative estimate of drug-likeness (QED) is 0.872. The van der Waals surface area contributed by atoms with Crippen molar-refractivity contribution in [3.63, 3.8) is 0 Å². The van der Waals surface area contributed by atoms with E-state index in [0.717, 1.165) is 12.1 Å². The summed E-state index contributed by atoms with van der Waals surface area (Å²) in [5.41, 5.74) is -0.524. The van der Waals surface area contributed by atoms with Crippen LogP contribution in [0.1, 0.15) is 29.8 Å². The normalized spacial score (nSPS) is 13.5. The van der Waals surface area contributed by atoms with E-state index < -0.39 is 31.7 Å². The minimum atomic E-state index is -5.65. The Hall–Kier alpha value is -2.61. The molecule has 3 N–H and O–H groups in total. The number of H-pyrrole nitrogens is 1. The van der Waals surface area contributed by atoms with Gasteiger partial charge in [0.25, 0.3) is 9.84 Å². The maximum Gasteiger partial charge on any atom is 0.501 e. The average Bonchev–Trinajstić information content (AvgIpc) is 2.91. The maximum atomic E-state index is 12.8. The third-order valence-corrected chi connectivity index (χ3v) is 4.68. The van der Waals surface area contributed by atoms with Gasteiger partial charge in [-0.05, 0) is 17.7 Å². The number of hydrogen-bond acceptors (Lipinski definition) is 6. The highest BCUT2D eigenvalue weighted by atomic mass is 32.2. The lowest BCUT2D eigenvalue weighted by atomic mass is 9.99. The monoisotopic (exact) mass is 345 g/mol. The number of halogens is 3. The number of rotatable bonds is 3. The van der Waals surface area contributed by atoms with E-state index in [9.17, 15) is 21.6 Å². The Morgan fingerprint density at radius 1 is 1.39 bits per heavy atom. The van der Waals surface area contributed by atoms with Gasteiger partial charge in [0.2, 0.25) is 5.95 Å². The number of aromatic nitrogens is 3. The number of nitrogens with zero attached hydrogens (tertiary/aromatic N) is 3. The average molecular weight is 345 g/mol. The largest absolute Gasteiger partial charge is 0.501 e. The van der Waals surface area contributed by atoms with Crippen LogP contribution in [0.2, 0.25) is 0 Å². The minimum Gasteiger partial charge on any atom is -0.367 e. The third kappa shape index (κ3) is 2.98. The first-order valence-electron chi connectivity index (χ1n) is 6.11. The van der Waals surface area contributed by atoms with E-state index in [1.165, 1.54) is 12.1 Å². The van der Waals surface area contributed by atoms with Gasteiger partial charge < -0.3 is 5.73 Å². The summed E-state index contributed by atoms with van der Waals surface area (Å²) < 4.78 is 61.5. The van der Waals surface area contributed by atoms with Gasteiger partial charge >= 0.3 is 5.51 Å². The van der Waals surface area contributed by atoms with Crippen LogP contribution in [0, 0.1) is 11.3 Å². The highest BCUT2D eigenvalue weighted by Crippen LogP contribution is 2.34. The number of sulfone groups is 1. The smallest absolute Gasteiger partial charge is 0.367 e. The van der Waals surface area contributed by atoms with Crippen molar-refractivity contribution in [2.45, 2.75) is 23.2 Å². The predicted octanol–water partition coefficient (Wildman–Crippen LogP) is 1.70. The molecule has 2 rings (SSSR count). The van der Waals surface area contributed by atoms with Gasteiger partial charge in [-0.3, -0.25) is 5.10 Å². The first-order valence-corrected chi connectivity index (χ1v) is 7.59. The molecule has 0 aliphatic rings. The lowest BCUT2D eigenvalue weighted by Crippen LogP contribution is -2.24. The number of nitrogen functional groups attached to an aromatic ring is 1. The summed E-state index contributed by atoms with van der Waals surface area (Å²) in [7, 11) is -5.65. The lowest BCUT2D eigenvalue weighted by Gasteiger charge is -2.13. The Kier molecular flexibility index (Phi) is 4.04. The molecule has 0 fully saturated rings. The van der Waals surface area contributed by atoms with Gasteiger partial charge in [-0.1, -0.05) is 13.0 Å². The minimum absolute atomic E-state index is 0.0522. The Morgan fingerprint density at radius 3 is 2.52 bits per heavy atom. The highest BCUT2D eigenvalue weighted by Gasteiger charge is 2.48. The molecule has 0 aliphatic carbocycles. The molecule has 0 aliphatic heterocycles. The molecule has 0 amide bonds. The zero-order valence-corrected chi connectivity index (χ0v) is 12.4. The van der Waals surface area contributed by atoms with Crippen LogP contribution in [-0.2, 0) is 9.84 Å². The summed E-state index contributed by atoms with van der Waals surface area (Å²) in [4.78, 5) is 2.75. The summed E-state index contributed by atoms with van der Waals surface area (Å²) in [5.74, 6) is -0.402. The van der Waals surface area contributed by atoms with Gasteiger partial charge in [-0.15, -0.1) is 5.10 Å². The van der Waals surface area contributed by atoms with Gasteiger partial charge in [-0.2, -0.15) is 23.4 Å². The van der Waals surface area contributed by atoms with Crippen LogP contribution in [0.5, 0.6) is 0 Å². The van der Waals surface area contributed by atoms with Crippen LogP contribution in [-0.4, -0.2) is 29.1 Å². The molecule has 1 heterocycles. The molecule has 1 aromatic carbocycles. The molecule has 0 bridgehead atoms. The fourth-order valence-corrected chi connectivity index (χ4v) is 2.83. The van der Waals surface area contributed by atoms with Gasteiger partial charge in [0, 0.05) is 5.92 Å². The van der Waals surface area contributed by atoms with E-state index in [-0.39, 0.29) is 17.3 Å². The van der Waals surface area contributed by atoms with E-state index in [4.69, 9.17) is 11.0 Å². The van der Waals surface area contributed by atoms with Gasteiger partial charge in [0.1, 0.15) is 11.9 Å². The zero-order chi connectivity index (χ0) is 17.4. The maximum absolute atomic E-state index is 12.8. The summed E-state index contributed by atoms with van der Waals surface area (Å²) in [6.45, 7) is 1.57. The van der Waals surface area contributed by atoms with E-state index in [1.54, 1.807) is 6.92 Å². The van der Waals surface area contributed by atoms with Crippen LogP contribution >= 0.6 is 0 Å². The fourth-order valence-electron chi connectivity index (χ4n) is 1.89. The van der Waals surface area contributed by atoms with E-state index in [1.807, 2.05) is 0 Å². The molecule has 1 aromatic heterocycles. The standard InChI is InChI=1S/C12H10F3N5O2S/c1-6(10-18-11(17)20-19-10)7-2-3-8(5-16)9(4-7)23(21,22)12(13,14)15/h2-4,6H,1H3,(H3,17,18,19,20). The molecule has 1 unspecified atom stereocenters. The predicted molar refractivity (Wildman–Crippen MR) is 72.7 cm³/mol. The highest BCUT2D eigenvalue weighted by molar-refractivity contribution is 7.92. The Bertz CT molecular complexity index is 883. The molecule has 2 aromatic rings. The second-order valence-corrected chi connectivity index (χ2v) is 6.53. The fraction of sp³-hybridized carbons (Fsp3) is 0.250. The topological polar surface area (TPSA) is 126 Å². The molecule has 23 heavy (non-hydrogen) atoms. The van der Waals surface area contributed by atoms with Crippen LogP contribution in [0.3, 0.4) is 0 Å². The van der Waals surface area contributed by atoms with E-state index in [0.29, 0.717) is 0 Å². The number of nitriles is 1. The van der Waals surface area contributed by atoms with Crippen LogP contribution in [0.15, 0.2) is 23.1 Å². The molecule has 0 saturated carbocycles. The molecular weight excluding hydrogens is 335 g/mol. The third-order valence-electron chi connectivity index (χ3n) is 3.15. The molecule has 1 atom stereocenters. The Morgan fingerprint density at radius 2 is 2.04 bits per heavy atom. The summed E-state index contributed by atoms with van der Waals surface area (Å²) in [5, 5.41) is 15.0. The number of hydrogen-bond donors (Lipinski definition) is 2. The van der Waals surface area contributed by atoms with Crippen molar-refractivity contribution in [3.05, 3.63) is 35.2 Å². The first kappa shape index (κ1) is 16.8. The Balaban J connectivity index is 2.59. The van der Waals surface area contributed by atoms with Crippen molar-refractivity contribution in [3.8, 4) is 6.07 Å². The van der Waals surface area contributed by atoms with E-state index >= 15 is 0 Å². The summed E-state index contributed by atoms with van der Waals surface area (Å²) >= 11 is 0. The molecule has 7 nitrogen and oxygen atoms in total. The number of nitrogens with two attached hydrogens (primary N) is 1.